The summed E-state index contributed by atoms with van der Waals surface area (Å²) < 4.78 is 0. The second-order valence-electron chi connectivity index (χ2n) is 2.88. The predicted molar refractivity (Wildman–Crippen MR) is 39.6 cm³/mol. The van der Waals surface area contributed by atoms with Gasteiger partial charge in [-0.05, 0) is 25.9 Å². The Morgan fingerprint density at radius 1 is 1.11 bits per heavy atom. The van der Waals surface area contributed by atoms with Crippen molar-refractivity contribution in [3.63, 3.8) is 0 Å². The van der Waals surface area contributed by atoms with Crippen LogP contribution in [0.25, 0.3) is 0 Å². The summed E-state index contributed by atoms with van der Waals surface area (Å²) in [7, 11) is 0. The molecule has 2 rings (SSSR count). The molecule has 2 saturated heterocycles. The van der Waals surface area contributed by atoms with Crippen molar-refractivity contribution in [2.45, 2.75) is 25.8 Å². The Kier molecular flexibility index (Phi) is 1.78. The lowest BCUT2D eigenvalue weighted by molar-refractivity contribution is 0.233. The van der Waals surface area contributed by atoms with Crippen molar-refractivity contribution in [1.82, 2.24) is 10.6 Å². The Morgan fingerprint density at radius 2 is 1.89 bits per heavy atom. The molecule has 0 aromatic heterocycles. The molecule has 1 spiro atoms. The molecule has 0 amide bonds. The Morgan fingerprint density at radius 3 is 2.11 bits per heavy atom. The molecule has 54 valence electrons. The Balaban J connectivity index is 0.000000405. The highest BCUT2D eigenvalue weighted by molar-refractivity contribution is 5.02. The van der Waals surface area contributed by atoms with E-state index in [2.05, 4.69) is 10.6 Å². The van der Waals surface area contributed by atoms with E-state index in [9.17, 15) is 0 Å². The highest BCUT2D eigenvalue weighted by atomic mass is 15.1. The van der Waals surface area contributed by atoms with E-state index < -0.39 is 0 Å². The molecule has 2 heteroatoms. The summed E-state index contributed by atoms with van der Waals surface area (Å²) in [4.78, 5) is 0. The molecule has 2 N–H and O–H groups in total. The first-order chi connectivity index (χ1) is 3.91. The zero-order valence-electron chi connectivity index (χ0n) is 5.04. The average molecular weight is 128 g/mol. The first-order valence-electron chi connectivity index (χ1n) is 3.37. The third-order valence-electron chi connectivity index (χ3n) is 2.35. The van der Waals surface area contributed by atoms with Gasteiger partial charge in [-0.1, -0.05) is 7.43 Å². The molecule has 0 aliphatic carbocycles. The Hall–Kier alpha value is -0.0800. The van der Waals surface area contributed by atoms with Crippen LogP contribution in [-0.4, -0.2) is 25.2 Å². The molecule has 2 nitrogen and oxygen atoms in total. The van der Waals surface area contributed by atoms with Gasteiger partial charge in [0.15, 0.2) is 0 Å². The molecule has 1 atom stereocenters. The maximum atomic E-state index is 3.46. The quantitative estimate of drug-likeness (QED) is 0.492. The van der Waals surface area contributed by atoms with Gasteiger partial charge in [-0.3, -0.25) is 0 Å². The van der Waals surface area contributed by atoms with Crippen LogP contribution in [0.1, 0.15) is 20.3 Å². The van der Waals surface area contributed by atoms with Crippen LogP contribution >= 0.6 is 0 Å². The van der Waals surface area contributed by atoms with Gasteiger partial charge in [-0.25, -0.2) is 0 Å². The van der Waals surface area contributed by atoms with Gasteiger partial charge in [-0.2, -0.15) is 0 Å². The highest BCUT2D eigenvalue weighted by Gasteiger charge is 2.38. The van der Waals surface area contributed by atoms with Crippen LogP contribution in [0.4, 0.5) is 0 Å². The predicted octanol–water partition coefficient (Wildman–Crippen LogP) is 0.348. The van der Waals surface area contributed by atoms with Crippen molar-refractivity contribution >= 4 is 0 Å². The Labute approximate surface area is 57.0 Å². The van der Waals surface area contributed by atoms with E-state index in [1.54, 1.807) is 0 Å². The lowest BCUT2D eigenvalue weighted by atomic mass is 9.87. The molecule has 0 aromatic carbocycles. The molecule has 0 radical (unpaired) electrons. The topological polar surface area (TPSA) is 24.1 Å². The minimum Gasteiger partial charge on any atom is -0.315 e. The molecule has 0 saturated carbocycles. The van der Waals surface area contributed by atoms with Crippen molar-refractivity contribution in [3.05, 3.63) is 0 Å². The van der Waals surface area contributed by atoms with Crippen LogP contribution in [0.5, 0.6) is 0 Å². The smallest absolute Gasteiger partial charge is 0.0330 e. The first kappa shape index (κ1) is 7.03. The summed E-state index contributed by atoms with van der Waals surface area (Å²) in [6, 6.07) is 0. The van der Waals surface area contributed by atoms with Gasteiger partial charge in [0, 0.05) is 12.1 Å². The van der Waals surface area contributed by atoms with Gasteiger partial charge < -0.3 is 10.6 Å². The molecule has 1 unspecified atom stereocenters. The van der Waals surface area contributed by atoms with E-state index in [1.807, 2.05) is 0 Å². The monoisotopic (exact) mass is 128 g/mol. The number of hydrogen-bond donors (Lipinski definition) is 2. The summed E-state index contributed by atoms with van der Waals surface area (Å²) in [5.74, 6) is 0. The molecule has 2 aliphatic heterocycles. The summed E-state index contributed by atoms with van der Waals surface area (Å²) in [5.41, 5.74) is 0.556. The molecular weight excluding hydrogens is 112 g/mol. The zero-order chi connectivity index (χ0) is 5.45. The van der Waals surface area contributed by atoms with E-state index in [0.717, 1.165) is 0 Å². The number of hydrogen-bond acceptors (Lipinski definition) is 2. The van der Waals surface area contributed by atoms with Crippen LogP contribution in [0, 0.1) is 0 Å². The van der Waals surface area contributed by atoms with Gasteiger partial charge in [-0.15, -0.1) is 0 Å². The minimum absolute atomic E-state index is 0. The second kappa shape index (κ2) is 2.27. The minimum atomic E-state index is 0. The van der Waals surface area contributed by atoms with E-state index >= 15 is 0 Å². The molecule has 0 bridgehead atoms. The fourth-order valence-corrected chi connectivity index (χ4v) is 1.59. The van der Waals surface area contributed by atoms with Gasteiger partial charge in [0.05, 0.1) is 0 Å². The van der Waals surface area contributed by atoms with Crippen LogP contribution < -0.4 is 10.6 Å². The first-order valence-corrected chi connectivity index (χ1v) is 3.37. The van der Waals surface area contributed by atoms with Crippen molar-refractivity contribution in [3.8, 4) is 0 Å². The summed E-state index contributed by atoms with van der Waals surface area (Å²) in [6.45, 7) is 3.65. The molecule has 9 heavy (non-hydrogen) atoms. The SMILES string of the molecule is C.C1CC2(CCN2)CN1. The third kappa shape index (κ3) is 0.970. The molecule has 2 heterocycles. The summed E-state index contributed by atoms with van der Waals surface area (Å²) in [5, 5.41) is 6.81. The largest absolute Gasteiger partial charge is 0.315 e. The highest BCUT2D eigenvalue weighted by Crippen LogP contribution is 2.24. The van der Waals surface area contributed by atoms with Crippen LogP contribution in [0.3, 0.4) is 0 Å². The van der Waals surface area contributed by atoms with E-state index in [0.29, 0.717) is 5.54 Å². The normalized spacial score (nSPS) is 40.0. The van der Waals surface area contributed by atoms with E-state index in [-0.39, 0.29) is 7.43 Å². The molecular formula is C7H16N2. The third-order valence-corrected chi connectivity index (χ3v) is 2.35. The van der Waals surface area contributed by atoms with Gasteiger partial charge in [0.1, 0.15) is 0 Å². The van der Waals surface area contributed by atoms with E-state index in [4.69, 9.17) is 0 Å². The summed E-state index contributed by atoms with van der Waals surface area (Å²) >= 11 is 0. The van der Waals surface area contributed by atoms with Crippen LogP contribution in [0.15, 0.2) is 0 Å². The number of nitrogens with one attached hydrogen (secondary N) is 2. The standard InChI is InChI=1S/C6H12N2.CH4/c1-3-7-5-6(1)2-4-8-6;/h7-8H,1-5H2;1H4. The van der Waals surface area contributed by atoms with Gasteiger partial charge >= 0.3 is 0 Å². The van der Waals surface area contributed by atoms with Crippen molar-refractivity contribution < 1.29 is 0 Å². The lowest BCUT2D eigenvalue weighted by Gasteiger charge is -2.39. The maximum Gasteiger partial charge on any atom is 0.0330 e. The molecule has 2 fully saturated rings. The fraction of sp³-hybridized carbons (Fsp3) is 1.00. The van der Waals surface area contributed by atoms with Crippen LogP contribution in [-0.2, 0) is 0 Å². The number of rotatable bonds is 0. The molecule has 2 aliphatic rings. The fourth-order valence-electron chi connectivity index (χ4n) is 1.59. The zero-order valence-corrected chi connectivity index (χ0v) is 5.04. The Bertz CT molecular complexity index is 89.1. The van der Waals surface area contributed by atoms with E-state index in [1.165, 1.54) is 32.5 Å². The lowest BCUT2D eigenvalue weighted by Crippen LogP contribution is -2.58. The van der Waals surface area contributed by atoms with Crippen molar-refractivity contribution in [2.75, 3.05) is 19.6 Å². The second-order valence-corrected chi connectivity index (χ2v) is 2.88. The van der Waals surface area contributed by atoms with Crippen molar-refractivity contribution in [1.29, 1.82) is 0 Å². The maximum absolute atomic E-state index is 3.46. The van der Waals surface area contributed by atoms with Crippen molar-refractivity contribution in [2.24, 2.45) is 0 Å². The van der Waals surface area contributed by atoms with Gasteiger partial charge in [0.25, 0.3) is 0 Å². The molecule has 0 aromatic rings. The van der Waals surface area contributed by atoms with Gasteiger partial charge in [0.2, 0.25) is 0 Å². The average Bonchev–Trinajstić information content (AvgIpc) is 2.07. The summed E-state index contributed by atoms with van der Waals surface area (Å²) in [6.07, 6.45) is 2.73. The van der Waals surface area contributed by atoms with Crippen LogP contribution in [0.2, 0.25) is 0 Å².